The summed E-state index contributed by atoms with van der Waals surface area (Å²) in [5, 5.41) is 17.2. The molecular weight excluding hydrogens is 380 g/mol. The molecule has 3 N–H and O–H groups in total. The van der Waals surface area contributed by atoms with E-state index in [-0.39, 0.29) is 11.8 Å². The van der Waals surface area contributed by atoms with Gasteiger partial charge in [-0.2, -0.15) is 10.4 Å². The molecule has 1 atom stereocenters. The Hall–Kier alpha value is -3.92. The lowest BCUT2D eigenvalue weighted by atomic mass is 9.84. The minimum Gasteiger partial charge on any atom is -0.497 e. The van der Waals surface area contributed by atoms with Gasteiger partial charge in [0.1, 0.15) is 17.6 Å². The first kappa shape index (κ1) is 19.4. The Balaban J connectivity index is 1.68. The van der Waals surface area contributed by atoms with Gasteiger partial charge in [-0.3, -0.25) is 0 Å². The number of aromatic nitrogens is 2. The molecule has 0 amide bonds. The van der Waals surface area contributed by atoms with E-state index in [4.69, 9.17) is 19.9 Å². The van der Waals surface area contributed by atoms with Crippen LogP contribution in [0.25, 0.3) is 0 Å². The number of nitrogens with one attached hydrogen (secondary N) is 1. The van der Waals surface area contributed by atoms with Gasteiger partial charge in [0.2, 0.25) is 11.8 Å². The van der Waals surface area contributed by atoms with Gasteiger partial charge < -0.3 is 19.9 Å². The Kier molecular flexibility index (Phi) is 5.31. The summed E-state index contributed by atoms with van der Waals surface area (Å²) in [6.45, 7) is 0. The maximum Gasteiger partial charge on any atom is 0.221 e. The number of fused-ring (bicyclic) bond motifs is 1. The third kappa shape index (κ3) is 3.67. The summed E-state index contributed by atoms with van der Waals surface area (Å²) >= 11 is 0. The molecule has 2 heterocycles. The van der Waals surface area contributed by atoms with Crippen LogP contribution in [0.5, 0.6) is 17.4 Å². The third-order valence-corrected chi connectivity index (χ3v) is 5.27. The van der Waals surface area contributed by atoms with E-state index in [0.29, 0.717) is 24.3 Å². The number of benzene rings is 2. The van der Waals surface area contributed by atoms with E-state index < -0.39 is 0 Å². The fraction of sp³-hybridized carbons (Fsp3) is 0.217. The first-order valence-electron chi connectivity index (χ1n) is 9.53. The second-order valence-corrected chi connectivity index (χ2v) is 7.03. The van der Waals surface area contributed by atoms with Crippen LogP contribution >= 0.6 is 0 Å². The minimum atomic E-state index is -0.251. The van der Waals surface area contributed by atoms with E-state index in [1.165, 1.54) is 0 Å². The monoisotopic (exact) mass is 402 g/mol. The number of hydrogen-bond acceptors (Lipinski definition) is 6. The van der Waals surface area contributed by atoms with E-state index in [1.807, 2.05) is 48.5 Å². The Morgan fingerprint density at radius 1 is 1.03 bits per heavy atom. The van der Waals surface area contributed by atoms with Crippen LogP contribution < -0.4 is 19.9 Å². The number of methoxy groups -OCH3 is 2. The van der Waals surface area contributed by atoms with Crippen molar-refractivity contribution in [2.45, 2.75) is 18.8 Å². The maximum atomic E-state index is 9.76. The lowest BCUT2D eigenvalue weighted by molar-refractivity contribution is 0.373. The van der Waals surface area contributed by atoms with Gasteiger partial charge in [0, 0.05) is 17.9 Å². The molecule has 1 aromatic heterocycles. The van der Waals surface area contributed by atoms with Crippen molar-refractivity contribution >= 4 is 0 Å². The summed E-state index contributed by atoms with van der Waals surface area (Å²) in [7, 11) is 3.27. The molecule has 1 aliphatic heterocycles. The van der Waals surface area contributed by atoms with Gasteiger partial charge in [-0.1, -0.05) is 24.3 Å². The van der Waals surface area contributed by atoms with Gasteiger partial charge in [-0.15, -0.1) is 0 Å². The fourth-order valence-corrected chi connectivity index (χ4v) is 3.69. The molecule has 2 aromatic carbocycles. The van der Waals surface area contributed by atoms with Gasteiger partial charge in [0.25, 0.3) is 0 Å². The third-order valence-electron chi connectivity index (χ3n) is 5.27. The van der Waals surface area contributed by atoms with Gasteiger partial charge in [-0.25, -0.2) is 5.10 Å². The molecule has 4 rings (SSSR count). The largest absolute Gasteiger partial charge is 0.497 e. The predicted octanol–water partition coefficient (Wildman–Crippen LogP) is 3.43. The summed E-state index contributed by atoms with van der Waals surface area (Å²) in [5.41, 5.74) is 10.3. The normalized spacial score (nSPS) is 15.2. The molecule has 1 unspecified atom stereocenters. The highest BCUT2D eigenvalue weighted by atomic mass is 16.5. The van der Waals surface area contributed by atoms with Gasteiger partial charge >= 0.3 is 0 Å². The van der Waals surface area contributed by atoms with Gasteiger partial charge in [0.05, 0.1) is 25.5 Å². The highest BCUT2D eigenvalue weighted by molar-refractivity contribution is 5.51. The van der Waals surface area contributed by atoms with E-state index in [2.05, 4.69) is 16.3 Å². The topological polar surface area (TPSA) is 106 Å². The highest BCUT2D eigenvalue weighted by Crippen LogP contribution is 2.41. The van der Waals surface area contributed by atoms with Crippen molar-refractivity contribution in [2.24, 2.45) is 5.73 Å². The molecule has 0 spiro atoms. The van der Waals surface area contributed by atoms with E-state index in [9.17, 15) is 5.26 Å². The van der Waals surface area contributed by atoms with Crippen LogP contribution in [0.1, 0.15) is 28.3 Å². The van der Waals surface area contributed by atoms with E-state index in [1.54, 1.807) is 14.2 Å². The van der Waals surface area contributed by atoms with Crippen molar-refractivity contribution in [2.75, 3.05) is 14.2 Å². The SMILES string of the molecule is COc1ccc(Cc2n[nH]c3c2C(Cc2ccc(OC)cc2)C(C#N)=C(N)O3)cc1. The van der Waals surface area contributed by atoms with Crippen LogP contribution in [0.3, 0.4) is 0 Å². The molecule has 1 aliphatic rings. The van der Waals surface area contributed by atoms with Crippen molar-refractivity contribution in [1.82, 2.24) is 10.2 Å². The molecule has 0 aliphatic carbocycles. The minimum absolute atomic E-state index is 0.114. The quantitative estimate of drug-likeness (QED) is 0.654. The number of rotatable bonds is 6. The van der Waals surface area contributed by atoms with Gasteiger partial charge in [0.15, 0.2) is 0 Å². The average Bonchev–Trinajstić information content (AvgIpc) is 3.17. The molecule has 7 heteroatoms. The number of H-pyrrole nitrogens is 1. The van der Waals surface area contributed by atoms with Crippen LogP contribution in [0.4, 0.5) is 0 Å². The molecule has 0 saturated heterocycles. The maximum absolute atomic E-state index is 9.76. The summed E-state index contributed by atoms with van der Waals surface area (Å²) in [6.07, 6.45) is 1.19. The Morgan fingerprint density at radius 3 is 2.20 bits per heavy atom. The summed E-state index contributed by atoms with van der Waals surface area (Å²) in [5.74, 6) is 1.94. The van der Waals surface area contributed by atoms with Crippen LogP contribution in [-0.4, -0.2) is 24.4 Å². The first-order valence-corrected chi connectivity index (χ1v) is 9.53. The molecule has 0 saturated carbocycles. The zero-order chi connectivity index (χ0) is 21.1. The average molecular weight is 402 g/mol. The van der Waals surface area contributed by atoms with Crippen molar-refractivity contribution in [3.05, 3.63) is 82.4 Å². The van der Waals surface area contributed by atoms with Gasteiger partial charge in [-0.05, 0) is 41.8 Å². The number of allylic oxidation sites excluding steroid dienone is 1. The highest BCUT2D eigenvalue weighted by Gasteiger charge is 2.34. The van der Waals surface area contributed by atoms with E-state index in [0.717, 1.165) is 33.9 Å². The zero-order valence-corrected chi connectivity index (χ0v) is 16.8. The Bertz CT molecular complexity index is 1110. The second kappa shape index (κ2) is 8.21. The molecule has 30 heavy (non-hydrogen) atoms. The van der Waals surface area contributed by atoms with Crippen LogP contribution in [0.2, 0.25) is 0 Å². The van der Waals surface area contributed by atoms with Crippen molar-refractivity contribution in [3.8, 4) is 23.4 Å². The molecule has 3 aromatic rings. The number of nitriles is 1. The zero-order valence-electron chi connectivity index (χ0n) is 16.8. The second-order valence-electron chi connectivity index (χ2n) is 7.03. The first-order chi connectivity index (χ1) is 14.6. The summed E-state index contributed by atoms with van der Waals surface area (Å²) in [4.78, 5) is 0. The van der Waals surface area contributed by atoms with Crippen LogP contribution in [0, 0.1) is 11.3 Å². The number of nitrogens with two attached hydrogens (primary N) is 1. The van der Waals surface area contributed by atoms with Crippen molar-refractivity contribution < 1.29 is 14.2 Å². The smallest absolute Gasteiger partial charge is 0.221 e. The number of ether oxygens (including phenoxy) is 3. The van der Waals surface area contributed by atoms with E-state index >= 15 is 0 Å². The van der Waals surface area contributed by atoms with Crippen molar-refractivity contribution in [3.63, 3.8) is 0 Å². The summed E-state index contributed by atoms with van der Waals surface area (Å²) < 4.78 is 16.1. The van der Waals surface area contributed by atoms with Crippen LogP contribution in [0.15, 0.2) is 60.0 Å². The van der Waals surface area contributed by atoms with Crippen molar-refractivity contribution in [1.29, 1.82) is 5.26 Å². The lowest BCUT2D eigenvalue weighted by Crippen LogP contribution is -2.22. The standard InChI is InChI=1S/C23H22N4O3/c1-28-16-7-3-14(4-8-16)11-18-19(13-24)22(25)30-23-21(18)20(26-27-23)12-15-5-9-17(29-2)10-6-15/h3-10,18H,11-12,25H2,1-2H3,(H,26,27). The molecular formula is C23H22N4O3. The molecule has 0 bridgehead atoms. The fourth-order valence-electron chi connectivity index (χ4n) is 3.69. The number of nitrogens with zero attached hydrogens (tertiary/aromatic N) is 2. The molecule has 0 radical (unpaired) electrons. The lowest BCUT2D eigenvalue weighted by Gasteiger charge is -2.24. The van der Waals surface area contributed by atoms with Crippen LogP contribution in [-0.2, 0) is 12.8 Å². The predicted molar refractivity (Wildman–Crippen MR) is 111 cm³/mol. The molecule has 0 fully saturated rings. The Morgan fingerprint density at radius 2 is 1.63 bits per heavy atom. The molecule has 7 nitrogen and oxygen atoms in total. The summed E-state index contributed by atoms with van der Waals surface area (Å²) in [6, 6.07) is 17.8. The Labute approximate surface area is 174 Å². The number of hydrogen-bond donors (Lipinski definition) is 2. The molecule has 152 valence electrons. The number of aromatic amines is 1.